The molecule has 61 valence electrons. The van der Waals surface area contributed by atoms with Gasteiger partial charge in [0, 0.05) is 13.5 Å². The van der Waals surface area contributed by atoms with Crippen molar-refractivity contribution in [1.29, 1.82) is 0 Å². The van der Waals surface area contributed by atoms with E-state index in [9.17, 15) is 4.55 Å². The average molecular weight is 163 g/mol. The molecule has 0 aromatic rings. The van der Waals surface area contributed by atoms with Gasteiger partial charge in [-0.25, -0.2) is 0 Å². The molecule has 0 aliphatic carbocycles. The molecule has 0 rings (SSSR count). The molecular weight excluding hydrogens is 148 g/mol. The maximum Gasteiger partial charge on any atom is 0.212 e. The number of hydrogen-bond acceptors (Lipinski definition) is 2. The lowest BCUT2D eigenvalue weighted by Gasteiger charge is -2.20. The van der Waals surface area contributed by atoms with Gasteiger partial charge < -0.3 is 9.29 Å². The fourth-order valence-electron chi connectivity index (χ4n) is 0.629. The van der Waals surface area contributed by atoms with Crippen LogP contribution in [0.5, 0.6) is 0 Å². The maximum atomic E-state index is 11.2. The van der Waals surface area contributed by atoms with Crippen molar-refractivity contribution in [2.45, 2.75) is 31.5 Å². The Kier molecular flexibility index (Phi) is 5.13. The van der Waals surface area contributed by atoms with Crippen molar-refractivity contribution < 1.29 is 9.29 Å². The topological polar surface area (TPSA) is 32.3 Å². The summed E-state index contributed by atoms with van der Waals surface area (Å²) in [5.41, 5.74) is -0.183. The first-order chi connectivity index (χ1) is 4.59. The third kappa shape index (κ3) is 3.44. The Morgan fingerprint density at radius 3 is 2.40 bits per heavy atom. The minimum Gasteiger partial charge on any atom is -0.614 e. The zero-order valence-electron chi connectivity index (χ0n) is 6.79. The molecule has 0 fully saturated rings. The highest BCUT2D eigenvalue weighted by Gasteiger charge is 2.20. The highest BCUT2D eigenvalue weighted by molar-refractivity contribution is 7.92. The molecular formula is C7H15O2S. The van der Waals surface area contributed by atoms with Gasteiger partial charge in [-0.3, -0.25) is 0 Å². The SMILES string of the molecule is [CH2]C(C)[S+]([O-])C(C)OCC. The Bertz CT molecular complexity index is 85.7. The van der Waals surface area contributed by atoms with Crippen LogP contribution < -0.4 is 0 Å². The summed E-state index contributed by atoms with van der Waals surface area (Å²) in [4.78, 5) is 0. The molecule has 0 saturated carbocycles. The van der Waals surface area contributed by atoms with Crippen molar-refractivity contribution in [2.24, 2.45) is 0 Å². The Morgan fingerprint density at radius 1 is 1.60 bits per heavy atom. The second-order valence-corrected chi connectivity index (χ2v) is 4.29. The minimum absolute atomic E-state index is 0.0541. The van der Waals surface area contributed by atoms with Crippen LogP contribution in [-0.4, -0.2) is 21.8 Å². The molecule has 0 aliphatic heterocycles. The molecule has 0 heterocycles. The van der Waals surface area contributed by atoms with E-state index >= 15 is 0 Å². The molecule has 0 aliphatic rings. The monoisotopic (exact) mass is 163 g/mol. The molecule has 0 aromatic heterocycles. The Morgan fingerprint density at radius 2 is 2.10 bits per heavy atom. The molecule has 0 spiro atoms. The summed E-state index contributed by atoms with van der Waals surface area (Å²) < 4.78 is 16.3. The summed E-state index contributed by atoms with van der Waals surface area (Å²) in [6.45, 7) is 9.79. The van der Waals surface area contributed by atoms with E-state index in [1.807, 2.05) is 13.8 Å². The molecule has 0 bridgehead atoms. The van der Waals surface area contributed by atoms with Gasteiger partial charge in [-0.1, -0.05) is 0 Å². The first-order valence-corrected chi connectivity index (χ1v) is 4.71. The van der Waals surface area contributed by atoms with Gasteiger partial charge >= 0.3 is 0 Å². The molecule has 0 amide bonds. The number of hydrogen-bond donors (Lipinski definition) is 0. The van der Waals surface area contributed by atoms with Gasteiger partial charge in [0.25, 0.3) is 0 Å². The average Bonchev–Trinajstić information content (AvgIpc) is 1.87. The Balaban J connectivity index is 3.58. The standard InChI is InChI=1S/C7H15O2S/c1-5-9-7(4)10(8)6(2)3/h6-7H,2,5H2,1,3-4H3. The predicted octanol–water partition coefficient (Wildman–Crippen LogP) is 1.34. The fraction of sp³-hybridized carbons (Fsp3) is 0.857. The van der Waals surface area contributed by atoms with E-state index in [4.69, 9.17) is 4.74 Å². The third-order valence-corrected chi connectivity index (χ3v) is 2.71. The fourth-order valence-corrected chi connectivity index (χ4v) is 1.55. The largest absolute Gasteiger partial charge is 0.614 e. The highest BCUT2D eigenvalue weighted by atomic mass is 32.2. The first-order valence-electron chi connectivity index (χ1n) is 3.43. The van der Waals surface area contributed by atoms with Crippen LogP contribution in [-0.2, 0) is 15.9 Å². The van der Waals surface area contributed by atoms with Crippen LogP contribution in [0.2, 0.25) is 0 Å². The molecule has 3 unspecified atom stereocenters. The molecule has 2 nitrogen and oxygen atoms in total. The Hall–Kier alpha value is 0.270. The Labute approximate surface area is 66.1 Å². The molecule has 3 heteroatoms. The summed E-state index contributed by atoms with van der Waals surface area (Å²) in [6, 6.07) is 0. The van der Waals surface area contributed by atoms with E-state index in [0.29, 0.717) is 6.61 Å². The zero-order valence-corrected chi connectivity index (χ0v) is 7.61. The van der Waals surface area contributed by atoms with Gasteiger partial charge in [-0.05, 0) is 31.9 Å². The van der Waals surface area contributed by atoms with Crippen LogP contribution in [0.25, 0.3) is 0 Å². The van der Waals surface area contributed by atoms with Crippen LogP contribution in [0.4, 0.5) is 0 Å². The predicted molar refractivity (Wildman–Crippen MR) is 44.0 cm³/mol. The second kappa shape index (κ2) is 4.99. The second-order valence-electron chi connectivity index (χ2n) is 2.16. The van der Waals surface area contributed by atoms with Crippen LogP contribution in [0.1, 0.15) is 20.8 Å². The van der Waals surface area contributed by atoms with Gasteiger partial charge in [-0.15, -0.1) is 0 Å². The van der Waals surface area contributed by atoms with E-state index in [1.165, 1.54) is 0 Å². The van der Waals surface area contributed by atoms with Gasteiger partial charge in [0.05, 0.1) is 0 Å². The first kappa shape index (κ1) is 10.3. The van der Waals surface area contributed by atoms with E-state index in [0.717, 1.165) is 0 Å². The van der Waals surface area contributed by atoms with E-state index in [1.54, 1.807) is 6.92 Å². The van der Waals surface area contributed by atoms with Crippen LogP contribution in [0, 0.1) is 6.92 Å². The summed E-state index contributed by atoms with van der Waals surface area (Å²) in [5, 5.41) is -0.0541. The van der Waals surface area contributed by atoms with E-state index in [2.05, 4.69) is 6.92 Å². The number of ether oxygens (including phenoxy) is 1. The minimum atomic E-state index is -0.950. The van der Waals surface area contributed by atoms with Gasteiger partial charge in [0.2, 0.25) is 5.44 Å². The van der Waals surface area contributed by atoms with Gasteiger partial charge in [-0.2, -0.15) is 0 Å². The summed E-state index contributed by atoms with van der Waals surface area (Å²) in [7, 11) is 0. The molecule has 0 N–H and O–H groups in total. The zero-order chi connectivity index (χ0) is 8.15. The van der Waals surface area contributed by atoms with Crippen molar-refractivity contribution in [3.05, 3.63) is 6.92 Å². The molecule has 0 saturated heterocycles. The molecule has 0 aromatic carbocycles. The molecule has 10 heavy (non-hydrogen) atoms. The van der Waals surface area contributed by atoms with Crippen molar-refractivity contribution in [3.63, 3.8) is 0 Å². The van der Waals surface area contributed by atoms with Crippen molar-refractivity contribution in [1.82, 2.24) is 0 Å². The van der Waals surface area contributed by atoms with E-state index < -0.39 is 11.2 Å². The van der Waals surface area contributed by atoms with Crippen LogP contribution in [0.3, 0.4) is 0 Å². The smallest absolute Gasteiger partial charge is 0.212 e. The lowest BCUT2D eigenvalue weighted by Crippen LogP contribution is -2.28. The van der Waals surface area contributed by atoms with Crippen molar-refractivity contribution in [3.8, 4) is 0 Å². The normalized spacial score (nSPS) is 17.4. The quantitative estimate of drug-likeness (QED) is 0.586. The lowest BCUT2D eigenvalue weighted by molar-refractivity contribution is 0.129. The molecule has 3 atom stereocenters. The maximum absolute atomic E-state index is 11.2. The van der Waals surface area contributed by atoms with E-state index in [-0.39, 0.29) is 10.7 Å². The van der Waals surface area contributed by atoms with Crippen LogP contribution in [0.15, 0.2) is 0 Å². The van der Waals surface area contributed by atoms with Crippen molar-refractivity contribution >= 4 is 11.2 Å². The van der Waals surface area contributed by atoms with Crippen LogP contribution >= 0.6 is 0 Å². The third-order valence-electron chi connectivity index (χ3n) is 1.13. The molecule has 1 radical (unpaired) electrons. The number of rotatable bonds is 4. The highest BCUT2D eigenvalue weighted by Crippen LogP contribution is 2.09. The summed E-state index contributed by atoms with van der Waals surface area (Å²) in [5.74, 6) is 0. The summed E-state index contributed by atoms with van der Waals surface area (Å²) in [6.07, 6.45) is 0. The lowest BCUT2D eigenvalue weighted by atomic mass is 10.6. The summed E-state index contributed by atoms with van der Waals surface area (Å²) >= 11 is -0.950. The van der Waals surface area contributed by atoms with Gasteiger partial charge in [0.15, 0.2) is 0 Å². The van der Waals surface area contributed by atoms with Crippen molar-refractivity contribution in [2.75, 3.05) is 6.61 Å². The van der Waals surface area contributed by atoms with Gasteiger partial charge in [0.1, 0.15) is 5.25 Å².